The second-order valence-electron chi connectivity index (χ2n) is 6.81. The summed E-state index contributed by atoms with van der Waals surface area (Å²) in [7, 11) is 0. The molecule has 1 aromatic heterocycles. The Labute approximate surface area is 153 Å². The minimum Gasteiger partial charge on any atom is -0.508 e. The number of hydrogen-bond acceptors (Lipinski definition) is 7. The maximum atomic E-state index is 9.73. The first-order valence-corrected chi connectivity index (χ1v) is 9.23. The van der Waals surface area contributed by atoms with E-state index < -0.39 is 0 Å². The van der Waals surface area contributed by atoms with Crippen molar-refractivity contribution in [1.82, 2.24) is 9.97 Å². The summed E-state index contributed by atoms with van der Waals surface area (Å²) in [5, 5.41) is 13.3. The molecule has 0 unspecified atom stereocenters. The highest BCUT2D eigenvalue weighted by molar-refractivity contribution is 5.52. The number of benzene rings is 1. The lowest BCUT2D eigenvalue weighted by Crippen LogP contribution is -2.42. The molecule has 2 saturated heterocycles. The van der Waals surface area contributed by atoms with Crippen molar-refractivity contribution in [2.24, 2.45) is 0 Å². The van der Waals surface area contributed by atoms with Crippen molar-refractivity contribution in [2.75, 3.05) is 54.5 Å². The van der Waals surface area contributed by atoms with Crippen LogP contribution in [0.15, 0.2) is 36.7 Å². The number of rotatable bonds is 4. The van der Waals surface area contributed by atoms with Crippen molar-refractivity contribution in [1.29, 1.82) is 0 Å². The molecule has 3 heterocycles. The lowest BCUT2D eigenvalue weighted by molar-refractivity contribution is 0.122. The smallest absolute Gasteiger partial charge is 0.134 e. The Balaban J connectivity index is 1.42. The van der Waals surface area contributed by atoms with E-state index in [0.29, 0.717) is 11.8 Å². The molecular weight excluding hydrogens is 330 g/mol. The topological polar surface area (TPSA) is 73.8 Å². The lowest BCUT2D eigenvalue weighted by atomic mass is 10.0. The second kappa shape index (κ2) is 7.78. The van der Waals surface area contributed by atoms with E-state index in [-0.39, 0.29) is 0 Å². The minimum absolute atomic E-state index is 0.309. The summed E-state index contributed by atoms with van der Waals surface area (Å²) in [6.07, 6.45) is 3.84. The van der Waals surface area contributed by atoms with Crippen molar-refractivity contribution in [3.63, 3.8) is 0 Å². The van der Waals surface area contributed by atoms with Gasteiger partial charge in [0.2, 0.25) is 0 Å². The zero-order valence-corrected chi connectivity index (χ0v) is 14.8. The molecule has 7 nitrogen and oxygen atoms in total. The molecule has 2 aromatic rings. The highest BCUT2D eigenvalue weighted by Crippen LogP contribution is 2.25. The molecule has 0 saturated carbocycles. The number of aromatic hydroxyl groups is 1. The number of aromatic nitrogens is 2. The first-order chi connectivity index (χ1) is 12.8. The summed E-state index contributed by atoms with van der Waals surface area (Å²) in [5.41, 5.74) is 1.06. The molecule has 0 bridgehead atoms. The molecule has 0 radical (unpaired) electrons. The van der Waals surface area contributed by atoms with Crippen LogP contribution in [-0.2, 0) is 4.74 Å². The third kappa shape index (κ3) is 3.99. The molecule has 0 amide bonds. The van der Waals surface area contributed by atoms with Crippen molar-refractivity contribution in [3.05, 3.63) is 36.7 Å². The Morgan fingerprint density at radius 2 is 1.96 bits per heavy atom. The standard InChI is InChI=1S/C19H25N5O2/c25-17-5-1-4-16(11-17)24-6-2-3-15(13-24)22-18-12-19(21-14-20-18)23-7-9-26-10-8-23/h1,4-5,11-12,14-15,25H,2-3,6-10,13H2,(H,20,21,22)/t15-/m1/s1. The number of phenolic OH excluding ortho intramolecular Hbond substituents is 1. The fourth-order valence-electron chi connectivity index (χ4n) is 3.62. The van der Waals surface area contributed by atoms with Crippen LogP contribution in [0.3, 0.4) is 0 Å². The summed E-state index contributed by atoms with van der Waals surface area (Å²) in [6, 6.07) is 9.81. The van der Waals surface area contributed by atoms with E-state index in [1.807, 2.05) is 24.3 Å². The lowest BCUT2D eigenvalue weighted by Gasteiger charge is -2.35. The molecule has 26 heavy (non-hydrogen) atoms. The van der Waals surface area contributed by atoms with Gasteiger partial charge in [0, 0.05) is 50.0 Å². The SMILES string of the molecule is Oc1cccc(N2CCC[C@@H](Nc3cc(N4CCOCC4)ncn3)C2)c1. The van der Waals surface area contributed by atoms with Crippen molar-refractivity contribution < 1.29 is 9.84 Å². The molecule has 1 aromatic carbocycles. The third-order valence-corrected chi connectivity index (χ3v) is 4.96. The molecule has 0 aliphatic carbocycles. The predicted octanol–water partition coefficient (Wildman–Crippen LogP) is 2.10. The fraction of sp³-hybridized carbons (Fsp3) is 0.474. The first kappa shape index (κ1) is 16.9. The molecule has 2 N–H and O–H groups in total. The van der Waals surface area contributed by atoms with Gasteiger partial charge in [-0.05, 0) is 25.0 Å². The summed E-state index contributed by atoms with van der Waals surface area (Å²) in [4.78, 5) is 13.4. The molecule has 2 aliphatic rings. The Morgan fingerprint density at radius 3 is 2.81 bits per heavy atom. The second-order valence-corrected chi connectivity index (χ2v) is 6.81. The normalized spacial score (nSPS) is 20.8. The average Bonchev–Trinajstić information content (AvgIpc) is 2.69. The van der Waals surface area contributed by atoms with E-state index in [0.717, 1.165) is 69.6 Å². The Hall–Kier alpha value is -2.54. The van der Waals surface area contributed by atoms with Gasteiger partial charge in [0.15, 0.2) is 0 Å². The zero-order chi connectivity index (χ0) is 17.8. The maximum absolute atomic E-state index is 9.73. The number of hydrogen-bond donors (Lipinski definition) is 2. The van der Waals surface area contributed by atoms with Crippen molar-refractivity contribution >= 4 is 17.3 Å². The molecule has 2 fully saturated rings. The molecule has 2 aliphatic heterocycles. The third-order valence-electron chi connectivity index (χ3n) is 4.96. The van der Waals surface area contributed by atoms with Gasteiger partial charge in [-0.1, -0.05) is 6.07 Å². The highest BCUT2D eigenvalue weighted by Gasteiger charge is 2.21. The number of piperidine rings is 1. The monoisotopic (exact) mass is 355 g/mol. The van der Waals surface area contributed by atoms with E-state index in [4.69, 9.17) is 4.74 Å². The number of phenols is 1. The van der Waals surface area contributed by atoms with E-state index >= 15 is 0 Å². The van der Waals surface area contributed by atoms with Crippen LogP contribution in [0.5, 0.6) is 5.75 Å². The van der Waals surface area contributed by atoms with E-state index in [1.165, 1.54) is 0 Å². The quantitative estimate of drug-likeness (QED) is 0.870. The Kier molecular flexibility index (Phi) is 5.06. The predicted molar refractivity (Wildman–Crippen MR) is 102 cm³/mol. The largest absolute Gasteiger partial charge is 0.508 e. The minimum atomic E-state index is 0.309. The highest BCUT2D eigenvalue weighted by atomic mass is 16.5. The van der Waals surface area contributed by atoms with Crippen LogP contribution in [0.25, 0.3) is 0 Å². The zero-order valence-electron chi connectivity index (χ0n) is 14.8. The van der Waals surface area contributed by atoms with Crippen molar-refractivity contribution in [2.45, 2.75) is 18.9 Å². The summed E-state index contributed by atoms with van der Waals surface area (Å²) >= 11 is 0. The van der Waals surface area contributed by atoms with Crippen LogP contribution in [0.1, 0.15) is 12.8 Å². The van der Waals surface area contributed by atoms with Gasteiger partial charge in [-0.2, -0.15) is 0 Å². The molecule has 138 valence electrons. The van der Waals surface area contributed by atoms with E-state index in [2.05, 4.69) is 25.1 Å². The van der Waals surface area contributed by atoms with E-state index in [9.17, 15) is 5.11 Å². The van der Waals surface area contributed by atoms with Gasteiger partial charge < -0.3 is 25.0 Å². The van der Waals surface area contributed by atoms with Gasteiger partial charge in [-0.25, -0.2) is 9.97 Å². The number of anilines is 3. The number of morpholine rings is 1. The number of ether oxygens (including phenoxy) is 1. The number of nitrogens with one attached hydrogen (secondary N) is 1. The first-order valence-electron chi connectivity index (χ1n) is 9.23. The number of nitrogens with zero attached hydrogens (tertiary/aromatic N) is 4. The van der Waals surface area contributed by atoms with Crippen LogP contribution in [0.2, 0.25) is 0 Å². The molecule has 0 spiro atoms. The van der Waals surface area contributed by atoms with Gasteiger partial charge in [-0.15, -0.1) is 0 Å². The maximum Gasteiger partial charge on any atom is 0.134 e. The van der Waals surface area contributed by atoms with Crippen LogP contribution in [-0.4, -0.2) is 60.5 Å². The molecule has 7 heteroatoms. The van der Waals surface area contributed by atoms with E-state index in [1.54, 1.807) is 12.4 Å². The Morgan fingerprint density at radius 1 is 1.08 bits per heavy atom. The summed E-state index contributed by atoms with van der Waals surface area (Å²) in [6.45, 7) is 5.11. The fourth-order valence-corrected chi connectivity index (χ4v) is 3.62. The molecule has 1 atom stereocenters. The van der Waals surface area contributed by atoms with Gasteiger partial charge in [-0.3, -0.25) is 0 Å². The van der Waals surface area contributed by atoms with Gasteiger partial charge >= 0.3 is 0 Å². The van der Waals surface area contributed by atoms with Gasteiger partial charge in [0.05, 0.1) is 13.2 Å². The van der Waals surface area contributed by atoms with Crippen LogP contribution < -0.4 is 15.1 Å². The van der Waals surface area contributed by atoms with Crippen LogP contribution in [0.4, 0.5) is 17.3 Å². The summed E-state index contributed by atoms with van der Waals surface area (Å²) in [5.74, 6) is 2.12. The van der Waals surface area contributed by atoms with Crippen LogP contribution >= 0.6 is 0 Å². The molecular formula is C19H25N5O2. The van der Waals surface area contributed by atoms with Crippen LogP contribution in [0, 0.1) is 0 Å². The Bertz CT molecular complexity index is 735. The average molecular weight is 355 g/mol. The molecule has 4 rings (SSSR count). The van der Waals surface area contributed by atoms with Gasteiger partial charge in [0.1, 0.15) is 23.7 Å². The van der Waals surface area contributed by atoms with Crippen molar-refractivity contribution in [3.8, 4) is 5.75 Å². The van der Waals surface area contributed by atoms with Gasteiger partial charge in [0.25, 0.3) is 0 Å². The summed E-state index contributed by atoms with van der Waals surface area (Å²) < 4.78 is 5.41.